The van der Waals surface area contributed by atoms with Gasteiger partial charge in [-0.25, -0.2) is 0 Å². The quantitative estimate of drug-likeness (QED) is 0.570. The van der Waals surface area contributed by atoms with E-state index in [1.807, 2.05) is 19.1 Å². The van der Waals surface area contributed by atoms with Crippen molar-refractivity contribution in [1.29, 1.82) is 0 Å². The Morgan fingerprint density at radius 2 is 1.94 bits per heavy atom. The number of carbonyl (C=O) groups is 1. The van der Waals surface area contributed by atoms with Gasteiger partial charge >= 0.3 is 0 Å². The second kappa shape index (κ2) is 8.88. The highest BCUT2D eigenvalue weighted by molar-refractivity contribution is 7.99. The highest BCUT2D eigenvalue weighted by Gasteiger charge is 2.32. The van der Waals surface area contributed by atoms with Gasteiger partial charge in [0.1, 0.15) is 0 Å². The molecule has 1 N–H and O–H groups in total. The molecular weight excluding hydrogens is 410 g/mol. The van der Waals surface area contributed by atoms with E-state index in [1.54, 1.807) is 0 Å². The lowest BCUT2D eigenvalue weighted by atomic mass is 10.0. The van der Waals surface area contributed by atoms with Crippen molar-refractivity contribution in [2.24, 2.45) is 0 Å². The molecule has 2 aromatic carbocycles. The summed E-state index contributed by atoms with van der Waals surface area (Å²) in [6, 6.07) is 15.0. The molecule has 2 heterocycles. The van der Waals surface area contributed by atoms with E-state index in [0.717, 1.165) is 55.8 Å². The van der Waals surface area contributed by atoms with Crippen molar-refractivity contribution in [2.75, 3.05) is 37.0 Å². The van der Waals surface area contributed by atoms with E-state index in [2.05, 4.69) is 55.3 Å². The molecule has 5 rings (SSSR count). The fraction of sp³-hybridized carbons (Fsp3) is 0.435. The van der Waals surface area contributed by atoms with Crippen LogP contribution in [0, 0.1) is 0 Å². The van der Waals surface area contributed by atoms with E-state index < -0.39 is 0 Å². The van der Waals surface area contributed by atoms with E-state index >= 15 is 0 Å². The largest absolute Gasteiger partial charge is 0.378 e. The third-order valence-corrected chi connectivity index (χ3v) is 6.78. The van der Waals surface area contributed by atoms with Crippen molar-refractivity contribution >= 4 is 34.4 Å². The number of hydrogen-bond acceptors (Lipinski definition) is 6. The monoisotopic (exact) mass is 437 g/mol. The van der Waals surface area contributed by atoms with Gasteiger partial charge in [0.25, 0.3) is 0 Å². The minimum Gasteiger partial charge on any atom is -0.378 e. The van der Waals surface area contributed by atoms with Crippen LogP contribution in [0.25, 0.3) is 10.8 Å². The zero-order valence-corrected chi connectivity index (χ0v) is 18.5. The van der Waals surface area contributed by atoms with Crippen molar-refractivity contribution in [3.8, 4) is 0 Å². The van der Waals surface area contributed by atoms with Crippen molar-refractivity contribution in [3.63, 3.8) is 0 Å². The molecule has 31 heavy (non-hydrogen) atoms. The maximum Gasteiger partial charge on any atom is 0.230 e. The van der Waals surface area contributed by atoms with Crippen LogP contribution in [0.1, 0.15) is 37.4 Å². The Balaban J connectivity index is 1.22. The third-order valence-electron chi connectivity index (χ3n) is 5.84. The molecule has 0 bridgehead atoms. The Bertz CT molecular complexity index is 1070. The molecule has 3 aromatic rings. The predicted octanol–water partition coefficient (Wildman–Crippen LogP) is 3.57. The third kappa shape index (κ3) is 4.55. The van der Waals surface area contributed by atoms with Crippen molar-refractivity contribution in [1.82, 2.24) is 20.1 Å². The second-order valence-electron chi connectivity index (χ2n) is 8.17. The Kier molecular flexibility index (Phi) is 5.82. The Morgan fingerprint density at radius 1 is 1.16 bits per heavy atom. The van der Waals surface area contributed by atoms with Gasteiger partial charge in [0.05, 0.1) is 25.0 Å². The summed E-state index contributed by atoms with van der Waals surface area (Å²) in [6.07, 6.45) is 2.29. The molecule has 0 radical (unpaired) electrons. The summed E-state index contributed by atoms with van der Waals surface area (Å²) in [5, 5.41) is 15.2. The van der Waals surface area contributed by atoms with Gasteiger partial charge in [-0.1, -0.05) is 48.2 Å². The zero-order valence-electron chi connectivity index (χ0n) is 17.7. The molecule has 1 aliphatic carbocycles. The zero-order chi connectivity index (χ0) is 21.2. The van der Waals surface area contributed by atoms with Gasteiger partial charge in [0, 0.05) is 19.1 Å². The van der Waals surface area contributed by atoms with E-state index in [9.17, 15) is 4.79 Å². The van der Waals surface area contributed by atoms with Crippen molar-refractivity contribution < 1.29 is 9.53 Å². The van der Waals surface area contributed by atoms with Gasteiger partial charge in [-0.2, -0.15) is 0 Å². The number of hydrogen-bond donors (Lipinski definition) is 1. The van der Waals surface area contributed by atoms with E-state index in [4.69, 9.17) is 4.74 Å². The average Bonchev–Trinajstić information content (AvgIpc) is 3.56. The van der Waals surface area contributed by atoms with Gasteiger partial charge in [0.2, 0.25) is 11.9 Å². The van der Waals surface area contributed by atoms with Crippen molar-refractivity contribution in [3.05, 3.63) is 48.0 Å². The van der Waals surface area contributed by atoms with Crippen LogP contribution in [0.3, 0.4) is 0 Å². The molecule has 162 valence electrons. The van der Waals surface area contributed by atoms with Gasteiger partial charge in [0.15, 0.2) is 5.16 Å². The number of nitrogens with zero attached hydrogens (tertiary/aromatic N) is 4. The summed E-state index contributed by atoms with van der Waals surface area (Å²) < 4.78 is 7.68. The SMILES string of the molecule is CC(NC(=O)CSc1nnc(N2CCOCC2)n1C1CC1)c1ccc2ccccc2c1. The molecule has 1 aromatic heterocycles. The number of fused-ring (bicyclic) bond motifs is 1. The summed E-state index contributed by atoms with van der Waals surface area (Å²) in [5.41, 5.74) is 1.10. The summed E-state index contributed by atoms with van der Waals surface area (Å²) in [7, 11) is 0. The number of morpholine rings is 1. The molecule has 8 heteroatoms. The van der Waals surface area contributed by atoms with Crippen LogP contribution in [0.15, 0.2) is 47.6 Å². The lowest BCUT2D eigenvalue weighted by Crippen LogP contribution is -2.38. The molecule has 0 spiro atoms. The Hall–Kier alpha value is -2.58. The number of carbonyl (C=O) groups excluding carboxylic acids is 1. The van der Waals surface area contributed by atoms with E-state index in [1.165, 1.54) is 22.5 Å². The Morgan fingerprint density at radius 3 is 2.71 bits per heavy atom. The number of benzene rings is 2. The van der Waals surface area contributed by atoms with Gasteiger partial charge in [-0.05, 0) is 42.2 Å². The number of rotatable bonds is 7. The minimum absolute atomic E-state index is 0.00364. The fourth-order valence-electron chi connectivity index (χ4n) is 3.97. The van der Waals surface area contributed by atoms with Crippen LogP contribution in [-0.4, -0.2) is 52.7 Å². The topological polar surface area (TPSA) is 72.3 Å². The number of aromatic nitrogens is 3. The smallest absolute Gasteiger partial charge is 0.230 e. The molecule has 1 amide bonds. The molecule has 2 aliphatic rings. The van der Waals surface area contributed by atoms with Gasteiger partial charge < -0.3 is 15.0 Å². The number of thioether (sulfide) groups is 1. The van der Waals surface area contributed by atoms with Crippen LogP contribution >= 0.6 is 11.8 Å². The lowest BCUT2D eigenvalue weighted by molar-refractivity contribution is -0.119. The Labute approximate surface area is 186 Å². The molecule has 2 fully saturated rings. The number of ether oxygens (including phenoxy) is 1. The van der Waals surface area contributed by atoms with Crippen LogP contribution in [0.4, 0.5) is 5.95 Å². The molecule has 1 saturated heterocycles. The van der Waals surface area contributed by atoms with E-state index in [-0.39, 0.29) is 11.9 Å². The molecule has 1 aliphatic heterocycles. The summed E-state index contributed by atoms with van der Waals surface area (Å²) in [4.78, 5) is 14.9. The first-order chi connectivity index (χ1) is 15.2. The average molecular weight is 438 g/mol. The van der Waals surface area contributed by atoms with Crippen LogP contribution in [-0.2, 0) is 9.53 Å². The first-order valence-electron chi connectivity index (χ1n) is 10.9. The molecule has 7 nitrogen and oxygen atoms in total. The molecule has 1 unspecified atom stereocenters. The lowest BCUT2D eigenvalue weighted by Gasteiger charge is -2.27. The second-order valence-corrected chi connectivity index (χ2v) is 9.11. The van der Waals surface area contributed by atoms with Crippen molar-refractivity contribution in [2.45, 2.75) is 37.0 Å². The highest BCUT2D eigenvalue weighted by atomic mass is 32.2. The maximum atomic E-state index is 12.7. The molecule has 1 saturated carbocycles. The van der Waals surface area contributed by atoms with E-state index in [0.29, 0.717) is 11.8 Å². The normalized spacial score (nSPS) is 17.6. The molecule has 1 atom stereocenters. The van der Waals surface area contributed by atoms with Crippen LogP contribution in [0.2, 0.25) is 0 Å². The summed E-state index contributed by atoms with van der Waals surface area (Å²) >= 11 is 1.47. The van der Waals surface area contributed by atoms with Crippen LogP contribution < -0.4 is 10.2 Å². The number of anilines is 1. The first-order valence-corrected chi connectivity index (χ1v) is 11.9. The number of nitrogens with one attached hydrogen (secondary N) is 1. The maximum absolute atomic E-state index is 12.7. The molecular formula is C23H27N5O2S. The fourth-order valence-corrected chi connectivity index (χ4v) is 4.78. The summed E-state index contributed by atoms with van der Waals surface area (Å²) in [5.74, 6) is 1.24. The first kappa shape index (κ1) is 20.3. The minimum atomic E-state index is -0.0529. The standard InChI is InChI=1S/C23H27N5O2S/c1-16(18-7-6-17-4-2-3-5-19(17)14-18)24-21(29)15-31-23-26-25-22(28(23)20-8-9-20)27-10-12-30-13-11-27/h2-7,14,16,20H,8-13,15H2,1H3,(H,24,29). The van der Waals surface area contributed by atoms with Gasteiger partial charge in [-0.3, -0.25) is 9.36 Å². The summed E-state index contributed by atoms with van der Waals surface area (Å²) in [6.45, 7) is 5.12. The van der Waals surface area contributed by atoms with Gasteiger partial charge in [-0.15, -0.1) is 10.2 Å². The highest BCUT2D eigenvalue weighted by Crippen LogP contribution is 2.41. The number of amides is 1. The van der Waals surface area contributed by atoms with Crippen LogP contribution in [0.5, 0.6) is 0 Å². The predicted molar refractivity (Wildman–Crippen MR) is 123 cm³/mol.